The van der Waals surface area contributed by atoms with Crippen molar-refractivity contribution in [3.8, 4) is 28.2 Å². The lowest BCUT2D eigenvalue weighted by atomic mass is 9.87. The van der Waals surface area contributed by atoms with E-state index in [4.69, 9.17) is 0 Å². The number of nitrogens with zero attached hydrogens (tertiary/aromatic N) is 2. The molecule has 186 valence electrons. The van der Waals surface area contributed by atoms with Crippen LogP contribution in [0.1, 0.15) is 74.6 Å². The Morgan fingerprint density at radius 1 is 0.838 bits per heavy atom. The van der Waals surface area contributed by atoms with Gasteiger partial charge in [-0.25, -0.2) is 4.57 Å². The number of hydrogen-bond donors (Lipinski definition) is 0. The summed E-state index contributed by atoms with van der Waals surface area (Å²) < 4.78 is 4.85. The Balaban J connectivity index is 1.48. The molecule has 0 saturated heterocycles. The van der Waals surface area contributed by atoms with Gasteiger partial charge < -0.3 is 0 Å². The van der Waals surface area contributed by atoms with Crippen molar-refractivity contribution in [2.24, 2.45) is 0 Å². The van der Waals surface area contributed by atoms with E-state index in [-0.39, 0.29) is 0 Å². The topological polar surface area (TPSA) is 8.81 Å². The third kappa shape index (κ3) is 4.39. The second-order valence-corrected chi connectivity index (χ2v) is 11.2. The fourth-order valence-electron chi connectivity index (χ4n) is 5.98. The largest absolute Gasteiger partial charge is 0.294 e. The Kier molecular flexibility index (Phi) is 6.20. The zero-order valence-electron chi connectivity index (χ0n) is 22.5. The van der Waals surface area contributed by atoms with Crippen LogP contribution in [0.4, 0.5) is 0 Å². The van der Waals surface area contributed by atoms with Crippen molar-refractivity contribution in [1.29, 1.82) is 0 Å². The highest BCUT2D eigenvalue weighted by molar-refractivity contribution is 5.72. The molecule has 0 atom stereocenters. The minimum absolute atomic E-state index is 0.410. The van der Waals surface area contributed by atoms with E-state index in [2.05, 4.69) is 128 Å². The molecule has 0 N–H and O–H groups in total. The number of aromatic nitrogens is 2. The van der Waals surface area contributed by atoms with Crippen LogP contribution in [0.5, 0.6) is 0 Å². The van der Waals surface area contributed by atoms with Gasteiger partial charge in [0.05, 0.1) is 5.56 Å². The Morgan fingerprint density at radius 2 is 1.62 bits per heavy atom. The van der Waals surface area contributed by atoms with Gasteiger partial charge in [0.2, 0.25) is 0 Å². The molecule has 0 radical (unpaired) electrons. The molecule has 37 heavy (non-hydrogen) atoms. The van der Waals surface area contributed by atoms with Crippen LogP contribution in [-0.4, -0.2) is 4.57 Å². The maximum absolute atomic E-state index is 2.46. The summed E-state index contributed by atoms with van der Waals surface area (Å²) >= 11 is 0. The number of rotatable bonds is 6. The van der Waals surface area contributed by atoms with Crippen LogP contribution in [0.25, 0.3) is 28.2 Å². The average molecular weight is 486 g/mol. The number of benzene rings is 3. The van der Waals surface area contributed by atoms with E-state index in [1.165, 1.54) is 62.4 Å². The first kappa shape index (κ1) is 23.7. The van der Waals surface area contributed by atoms with E-state index in [0.717, 1.165) is 19.4 Å². The van der Waals surface area contributed by atoms with Crippen molar-refractivity contribution >= 4 is 0 Å². The summed E-state index contributed by atoms with van der Waals surface area (Å²) in [5.74, 6) is 2.11. The van der Waals surface area contributed by atoms with Crippen molar-refractivity contribution in [3.63, 3.8) is 0 Å². The lowest BCUT2D eigenvalue weighted by molar-refractivity contribution is -0.671. The summed E-state index contributed by atoms with van der Waals surface area (Å²) in [5, 5.41) is 0. The lowest BCUT2D eigenvalue weighted by Gasteiger charge is -2.20. The van der Waals surface area contributed by atoms with Crippen LogP contribution in [-0.2, 0) is 13.0 Å². The number of fused-ring (bicyclic) bond motifs is 3. The first-order chi connectivity index (χ1) is 18.0. The van der Waals surface area contributed by atoms with E-state index in [0.29, 0.717) is 11.8 Å². The minimum Gasteiger partial charge on any atom is -0.225 e. The summed E-state index contributed by atoms with van der Waals surface area (Å²) in [6.45, 7) is 10.3. The molecule has 0 saturated carbocycles. The van der Waals surface area contributed by atoms with Gasteiger partial charge in [0.25, 0.3) is 5.82 Å². The Bertz CT molecular complexity index is 1500. The van der Waals surface area contributed by atoms with Gasteiger partial charge in [0.15, 0.2) is 0 Å². The molecule has 0 amide bonds. The summed E-state index contributed by atoms with van der Waals surface area (Å²) in [5.41, 5.74) is 12.4. The lowest BCUT2D eigenvalue weighted by Crippen LogP contribution is -2.30. The quantitative estimate of drug-likeness (QED) is 0.213. The first-order valence-corrected chi connectivity index (χ1v) is 13.8. The molecule has 0 unspecified atom stereocenters. The van der Waals surface area contributed by atoms with Gasteiger partial charge in [-0.05, 0) is 71.6 Å². The van der Waals surface area contributed by atoms with Gasteiger partial charge in [-0.1, -0.05) is 88.4 Å². The van der Waals surface area contributed by atoms with E-state index >= 15 is 0 Å². The maximum Gasteiger partial charge on any atom is 0.294 e. The molecule has 4 aromatic rings. The summed E-state index contributed by atoms with van der Waals surface area (Å²) in [6, 6.07) is 22.9. The van der Waals surface area contributed by atoms with Gasteiger partial charge in [-0.2, -0.15) is 4.57 Å². The van der Waals surface area contributed by atoms with Crippen molar-refractivity contribution in [3.05, 3.63) is 119 Å². The standard InChI is InChI=1S/C35H37N2/c1-24(2)32-21-30(28-15-10-13-27(20-28)19-26-11-6-5-7-12-26)22-33(25(3)4)34(32)37-18-17-36-23-29-14-8-9-16-31(29)35(36)37/h6,8-18,20-22,24-25H,5,7,19,23H2,1-4H3/q+1. The van der Waals surface area contributed by atoms with Gasteiger partial charge >= 0.3 is 0 Å². The number of imidazole rings is 1. The summed E-state index contributed by atoms with van der Waals surface area (Å²) in [6.07, 6.45) is 14.8. The van der Waals surface area contributed by atoms with Gasteiger partial charge in [-0.3, -0.25) is 0 Å². The van der Waals surface area contributed by atoms with Crippen LogP contribution in [0.3, 0.4) is 0 Å². The highest BCUT2D eigenvalue weighted by Gasteiger charge is 2.32. The molecule has 0 bridgehead atoms. The monoisotopic (exact) mass is 485 g/mol. The molecular formula is C35H37N2+. The predicted octanol–water partition coefficient (Wildman–Crippen LogP) is 8.53. The van der Waals surface area contributed by atoms with Crippen LogP contribution in [0, 0.1) is 0 Å². The van der Waals surface area contributed by atoms with Crippen molar-refractivity contribution in [1.82, 2.24) is 4.57 Å². The van der Waals surface area contributed by atoms with E-state index in [1.807, 2.05) is 0 Å². The number of hydrogen-bond acceptors (Lipinski definition) is 0. The van der Waals surface area contributed by atoms with E-state index < -0.39 is 0 Å². The van der Waals surface area contributed by atoms with E-state index in [1.54, 1.807) is 0 Å². The molecule has 1 aliphatic heterocycles. The maximum atomic E-state index is 2.46. The van der Waals surface area contributed by atoms with Crippen LogP contribution in [0.2, 0.25) is 0 Å². The molecular weight excluding hydrogens is 448 g/mol. The van der Waals surface area contributed by atoms with Crippen LogP contribution >= 0.6 is 0 Å². The normalized spacial score (nSPS) is 14.3. The Hall–Kier alpha value is -3.65. The molecule has 0 spiro atoms. The SMILES string of the molecule is CC(C)c1cc(-c2cccc(CC3=CCCC=C3)c2)cc(C(C)C)c1-n1cc[n+]2c1-c1ccccc1C2. The molecule has 1 aromatic heterocycles. The third-order valence-corrected chi connectivity index (χ3v) is 7.89. The van der Waals surface area contributed by atoms with Crippen LogP contribution < -0.4 is 4.57 Å². The molecule has 3 aromatic carbocycles. The minimum atomic E-state index is 0.410. The highest BCUT2D eigenvalue weighted by Crippen LogP contribution is 2.39. The molecule has 2 heteroatoms. The Labute approximate surface area is 221 Å². The zero-order valence-corrected chi connectivity index (χ0v) is 22.5. The molecule has 2 aliphatic rings. The zero-order chi connectivity index (χ0) is 25.5. The average Bonchev–Trinajstić information content (AvgIpc) is 3.48. The van der Waals surface area contributed by atoms with Gasteiger partial charge in [0.1, 0.15) is 24.6 Å². The van der Waals surface area contributed by atoms with Crippen molar-refractivity contribution in [2.45, 2.75) is 65.3 Å². The molecule has 6 rings (SSSR count). The molecule has 1 aliphatic carbocycles. The molecule has 0 fully saturated rings. The summed E-state index contributed by atoms with van der Waals surface area (Å²) in [4.78, 5) is 0. The van der Waals surface area contributed by atoms with Crippen molar-refractivity contribution < 1.29 is 4.57 Å². The van der Waals surface area contributed by atoms with Gasteiger partial charge in [-0.15, -0.1) is 0 Å². The first-order valence-electron chi connectivity index (χ1n) is 13.8. The smallest absolute Gasteiger partial charge is 0.225 e. The van der Waals surface area contributed by atoms with E-state index in [9.17, 15) is 0 Å². The summed E-state index contributed by atoms with van der Waals surface area (Å²) in [7, 11) is 0. The number of allylic oxidation sites excluding steroid dienone is 4. The predicted molar refractivity (Wildman–Crippen MR) is 154 cm³/mol. The second-order valence-electron chi connectivity index (χ2n) is 11.2. The van der Waals surface area contributed by atoms with Crippen molar-refractivity contribution in [2.75, 3.05) is 0 Å². The second kappa shape index (κ2) is 9.67. The van der Waals surface area contributed by atoms with Crippen LogP contribution in [0.15, 0.2) is 96.9 Å². The van der Waals surface area contributed by atoms with Gasteiger partial charge in [0, 0.05) is 16.7 Å². The third-order valence-electron chi connectivity index (χ3n) is 7.89. The fraction of sp³-hybridized carbons (Fsp3) is 0.286. The molecule has 2 heterocycles. The fourth-order valence-corrected chi connectivity index (χ4v) is 5.98. The molecule has 2 nitrogen and oxygen atoms in total. The Morgan fingerprint density at radius 3 is 2.35 bits per heavy atom. The highest BCUT2D eigenvalue weighted by atomic mass is 15.2.